The molecular formula is C32H26Cl2N6O2. The predicted molar refractivity (Wildman–Crippen MR) is 162 cm³/mol. The number of benzene rings is 4. The normalized spacial score (nSPS) is 11.0. The summed E-state index contributed by atoms with van der Waals surface area (Å²) in [4.78, 5) is 0. The highest BCUT2D eigenvalue weighted by Crippen LogP contribution is 2.29. The summed E-state index contributed by atoms with van der Waals surface area (Å²) in [5, 5.41) is 19.5. The van der Waals surface area contributed by atoms with Crippen LogP contribution in [0.5, 0.6) is 11.5 Å². The molecule has 6 aromatic rings. The Morgan fingerprint density at radius 2 is 0.881 bits per heavy atom. The molecule has 0 bridgehead atoms. The van der Waals surface area contributed by atoms with Crippen molar-refractivity contribution in [3.63, 3.8) is 0 Å². The monoisotopic (exact) mass is 596 g/mol. The summed E-state index contributed by atoms with van der Waals surface area (Å²) in [5.74, 6) is 1.34. The van der Waals surface area contributed by atoms with Crippen molar-refractivity contribution in [3.8, 4) is 22.9 Å². The van der Waals surface area contributed by atoms with Gasteiger partial charge in [-0.2, -0.15) is 0 Å². The number of nitrogens with zero attached hydrogens (tertiary/aromatic N) is 6. The van der Waals surface area contributed by atoms with Gasteiger partial charge < -0.3 is 9.47 Å². The number of aromatic nitrogens is 6. The van der Waals surface area contributed by atoms with Crippen LogP contribution in [0, 0.1) is 0 Å². The van der Waals surface area contributed by atoms with Crippen LogP contribution in [0.2, 0.25) is 10.0 Å². The summed E-state index contributed by atoms with van der Waals surface area (Å²) >= 11 is 12.1. The number of ether oxygens (including phenoxy) is 2. The second kappa shape index (κ2) is 12.9. The van der Waals surface area contributed by atoms with Crippen LogP contribution in [0.25, 0.3) is 11.4 Å². The Bertz CT molecular complexity index is 1610. The van der Waals surface area contributed by atoms with Gasteiger partial charge in [-0.1, -0.05) is 94.3 Å². The highest BCUT2D eigenvalue weighted by Gasteiger charge is 2.25. The van der Waals surface area contributed by atoms with Crippen molar-refractivity contribution >= 4 is 23.2 Å². The maximum absolute atomic E-state index is 6.12. The zero-order valence-corrected chi connectivity index (χ0v) is 24.0. The van der Waals surface area contributed by atoms with E-state index in [1.54, 1.807) is 24.3 Å². The van der Waals surface area contributed by atoms with E-state index in [9.17, 15) is 0 Å². The summed E-state index contributed by atoms with van der Waals surface area (Å²) in [6, 6.07) is 34.6. The fourth-order valence-electron chi connectivity index (χ4n) is 4.51. The molecule has 0 aliphatic rings. The largest absolute Gasteiger partial charge is 0.487 e. The first-order valence-electron chi connectivity index (χ1n) is 13.3. The zero-order chi connectivity index (χ0) is 28.7. The van der Waals surface area contributed by atoms with Gasteiger partial charge in [0, 0.05) is 10.0 Å². The van der Waals surface area contributed by atoms with E-state index in [4.69, 9.17) is 32.7 Å². The minimum absolute atomic E-state index is 0.180. The molecule has 0 spiro atoms. The van der Waals surface area contributed by atoms with E-state index >= 15 is 0 Å². The smallest absolute Gasteiger partial charge is 0.134 e. The van der Waals surface area contributed by atoms with Gasteiger partial charge in [-0.3, -0.25) is 0 Å². The minimum atomic E-state index is 0.180. The lowest BCUT2D eigenvalue weighted by Gasteiger charge is -2.13. The van der Waals surface area contributed by atoms with E-state index in [1.165, 1.54) is 0 Å². The molecule has 2 heterocycles. The molecule has 10 heteroatoms. The maximum Gasteiger partial charge on any atom is 0.134 e. The van der Waals surface area contributed by atoms with Crippen LogP contribution in [0.15, 0.2) is 109 Å². The Labute approximate surface area is 253 Å². The minimum Gasteiger partial charge on any atom is -0.487 e. The van der Waals surface area contributed by atoms with E-state index < -0.39 is 0 Å². The molecule has 6 rings (SSSR count). The molecule has 0 aliphatic carbocycles. The van der Waals surface area contributed by atoms with Gasteiger partial charge in [-0.05, 0) is 59.7 Å². The van der Waals surface area contributed by atoms with Crippen molar-refractivity contribution < 1.29 is 9.47 Å². The molecule has 2 aromatic heterocycles. The van der Waals surface area contributed by atoms with Gasteiger partial charge in [0.25, 0.3) is 0 Å². The fraction of sp³-hybridized carbons (Fsp3) is 0.125. The maximum atomic E-state index is 6.12. The summed E-state index contributed by atoms with van der Waals surface area (Å²) in [7, 11) is 0. The molecule has 0 N–H and O–H groups in total. The third kappa shape index (κ3) is 6.62. The van der Waals surface area contributed by atoms with Crippen LogP contribution >= 0.6 is 23.2 Å². The Morgan fingerprint density at radius 1 is 0.500 bits per heavy atom. The molecular weight excluding hydrogens is 571 g/mol. The lowest BCUT2D eigenvalue weighted by atomic mass is 10.1. The van der Waals surface area contributed by atoms with Crippen molar-refractivity contribution in [1.29, 1.82) is 0 Å². The molecule has 0 saturated carbocycles. The van der Waals surface area contributed by atoms with Gasteiger partial charge >= 0.3 is 0 Å². The topological polar surface area (TPSA) is 79.9 Å². The SMILES string of the molecule is Clc1ccc(OCc2nnn(Cc3ccccc3)c2-c2c(COc3ccc(Cl)cc3)nnn2Cc2ccccc2)cc1. The molecule has 0 fully saturated rings. The van der Waals surface area contributed by atoms with Crippen LogP contribution in [0.1, 0.15) is 22.5 Å². The van der Waals surface area contributed by atoms with E-state index in [2.05, 4.69) is 44.9 Å². The standard InChI is InChI=1S/C32H26Cl2N6O2/c33-25-11-15-27(16-12-25)41-21-29-31(39(37-35-29)19-23-7-3-1-4-8-23)32-30(22-42-28-17-13-26(34)14-18-28)36-38-40(32)20-24-9-5-2-6-10-24/h1-18H,19-22H2. The van der Waals surface area contributed by atoms with Gasteiger partial charge in [-0.15, -0.1) is 10.2 Å². The third-order valence-corrected chi connectivity index (χ3v) is 7.07. The predicted octanol–water partition coefficient (Wildman–Crippen LogP) is 7.10. The summed E-state index contributed by atoms with van der Waals surface area (Å²) in [6.07, 6.45) is 0. The van der Waals surface area contributed by atoms with Crippen LogP contribution in [0.3, 0.4) is 0 Å². The molecule has 0 saturated heterocycles. The average Bonchev–Trinajstić information content (AvgIpc) is 3.60. The molecule has 42 heavy (non-hydrogen) atoms. The lowest BCUT2D eigenvalue weighted by Crippen LogP contribution is -2.12. The first-order valence-corrected chi connectivity index (χ1v) is 14.1. The van der Waals surface area contributed by atoms with E-state index in [1.807, 2.05) is 70.0 Å². The van der Waals surface area contributed by atoms with Gasteiger partial charge in [0.15, 0.2) is 0 Å². The summed E-state index contributed by atoms with van der Waals surface area (Å²) < 4.78 is 16.0. The number of halogens is 2. The Balaban J connectivity index is 1.41. The lowest BCUT2D eigenvalue weighted by molar-refractivity contribution is 0.299. The van der Waals surface area contributed by atoms with Crippen LogP contribution < -0.4 is 9.47 Å². The van der Waals surface area contributed by atoms with Crippen LogP contribution in [0.4, 0.5) is 0 Å². The second-order valence-corrected chi connectivity index (χ2v) is 10.4. The third-order valence-electron chi connectivity index (χ3n) is 6.56. The van der Waals surface area contributed by atoms with Crippen molar-refractivity contribution in [2.75, 3.05) is 0 Å². The number of hydrogen-bond acceptors (Lipinski definition) is 6. The zero-order valence-electron chi connectivity index (χ0n) is 22.5. The number of rotatable bonds is 11. The van der Waals surface area contributed by atoms with Crippen LogP contribution in [-0.2, 0) is 26.3 Å². The van der Waals surface area contributed by atoms with Gasteiger partial charge in [-0.25, -0.2) is 9.36 Å². The Hall–Kier alpha value is -4.66. The molecule has 210 valence electrons. The van der Waals surface area contributed by atoms with Crippen LogP contribution in [-0.4, -0.2) is 30.0 Å². The highest BCUT2D eigenvalue weighted by molar-refractivity contribution is 6.30. The molecule has 0 unspecified atom stereocenters. The second-order valence-electron chi connectivity index (χ2n) is 9.54. The van der Waals surface area contributed by atoms with Crippen molar-refractivity contribution in [3.05, 3.63) is 142 Å². The Kier molecular flexibility index (Phi) is 8.44. The fourth-order valence-corrected chi connectivity index (χ4v) is 4.76. The number of hydrogen-bond donors (Lipinski definition) is 0. The molecule has 8 nitrogen and oxygen atoms in total. The molecule has 0 atom stereocenters. The van der Waals surface area contributed by atoms with E-state index in [0.29, 0.717) is 46.0 Å². The van der Waals surface area contributed by atoms with E-state index in [-0.39, 0.29) is 13.2 Å². The molecule has 0 amide bonds. The summed E-state index contributed by atoms with van der Waals surface area (Å²) in [6.45, 7) is 1.36. The molecule has 0 aliphatic heterocycles. The Morgan fingerprint density at radius 3 is 1.26 bits per heavy atom. The van der Waals surface area contributed by atoms with Gasteiger partial charge in [0.2, 0.25) is 0 Å². The summed E-state index contributed by atoms with van der Waals surface area (Å²) in [5.41, 5.74) is 4.95. The first kappa shape index (κ1) is 27.5. The quantitative estimate of drug-likeness (QED) is 0.159. The first-order chi connectivity index (χ1) is 20.6. The van der Waals surface area contributed by atoms with Crippen molar-refractivity contribution in [1.82, 2.24) is 30.0 Å². The molecule has 4 aromatic carbocycles. The molecule has 0 radical (unpaired) electrons. The average molecular weight is 598 g/mol. The van der Waals surface area contributed by atoms with Gasteiger partial charge in [0.1, 0.15) is 47.5 Å². The van der Waals surface area contributed by atoms with Crippen molar-refractivity contribution in [2.45, 2.75) is 26.3 Å². The highest BCUT2D eigenvalue weighted by atomic mass is 35.5. The van der Waals surface area contributed by atoms with E-state index in [0.717, 1.165) is 22.5 Å². The van der Waals surface area contributed by atoms with Crippen molar-refractivity contribution in [2.24, 2.45) is 0 Å². The van der Waals surface area contributed by atoms with Gasteiger partial charge in [0.05, 0.1) is 13.1 Å².